The highest BCUT2D eigenvalue weighted by Gasteiger charge is 2.36. The van der Waals surface area contributed by atoms with Crippen LogP contribution in [0.4, 0.5) is 13.2 Å². The Kier molecular flexibility index (Phi) is 4.63. The molecule has 0 saturated carbocycles. The van der Waals surface area contributed by atoms with Gasteiger partial charge in [-0.2, -0.15) is 0 Å². The van der Waals surface area contributed by atoms with Gasteiger partial charge < -0.3 is 19.4 Å². The van der Waals surface area contributed by atoms with E-state index in [1.165, 1.54) is 24.3 Å². The lowest BCUT2D eigenvalue weighted by molar-refractivity contribution is -0.135. The van der Waals surface area contributed by atoms with E-state index < -0.39 is 46.9 Å². The lowest BCUT2D eigenvalue weighted by Crippen LogP contribution is -2.23. The summed E-state index contributed by atoms with van der Waals surface area (Å²) in [5.41, 5.74) is -0.634. The van der Waals surface area contributed by atoms with Gasteiger partial charge in [0.15, 0.2) is 17.5 Å². The van der Waals surface area contributed by atoms with E-state index in [9.17, 15) is 33.0 Å². The number of esters is 1. The van der Waals surface area contributed by atoms with E-state index in [1.54, 1.807) is 0 Å². The zero-order valence-corrected chi connectivity index (χ0v) is 16.6. The Labute approximate surface area is 183 Å². The van der Waals surface area contributed by atoms with Gasteiger partial charge >= 0.3 is 5.97 Å². The molecule has 0 radical (unpaired) electrons. The molecule has 33 heavy (non-hydrogen) atoms. The molecule has 3 aromatic carbocycles. The molecule has 1 aromatic heterocycles. The van der Waals surface area contributed by atoms with Crippen LogP contribution in [-0.4, -0.2) is 16.2 Å². The van der Waals surface area contributed by atoms with E-state index in [1.807, 2.05) is 0 Å². The van der Waals surface area contributed by atoms with Gasteiger partial charge in [0.2, 0.25) is 5.43 Å². The summed E-state index contributed by atoms with van der Waals surface area (Å²) in [6.07, 6.45) is 0.685. The molecule has 5 rings (SSSR count). The molecule has 1 atom stereocenters. The predicted octanol–water partition coefficient (Wildman–Crippen LogP) is 4.73. The largest absolute Gasteiger partial charge is 0.508 e. The number of halogens is 3. The number of benzene rings is 3. The minimum Gasteiger partial charge on any atom is -0.508 e. The van der Waals surface area contributed by atoms with E-state index in [0.717, 1.165) is 24.5 Å². The van der Waals surface area contributed by atoms with Crippen molar-refractivity contribution in [2.75, 3.05) is 0 Å². The number of phenols is 2. The molecule has 0 aliphatic carbocycles. The number of hydrogen-bond donors (Lipinski definition) is 2. The Morgan fingerprint density at radius 2 is 1.67 bits per heavy atom. The molecule has 0 unspecified atom stereocenters. The Balaban J connectivity index is 1.79. The Morgan fingerprint density at radius 1 is 0.939 bits per heavy atom. The second-order valence-corrected chi connectivity index (χ2v) is 7.53. The first-order valence-corrected chi connectivity index (χ1v) is 9.71. The maximum absolute atomic E-state index is 14.6. The zero-order chi connectivity index (χ0) is 23.4. The molecule has 1 aliphatic heterocycles. The first kappa shape index (κ1) is 20.6. The van der Waals surface area contributed by atoms with Crippen LogP contribution in [0.3, 0.4) is 0 Å². The van der Waals surface area contributed by atoms with Gasteiger partial charge in [-0.3, -0.25) is 9.59 Å². The molecule has 0 bridgehead atoms. The van der Waals surface area contributed by atoms with E-state index in [2.05, 4.69) is 0 Å². The molecular formula is C24H13F3O6. The SMILES string of the molecule is O=C1C[C@@H](c2ccc(F)c(F)c2F)c2c(cc(O)c3c(=O)c(-c4ccc(O)cc4)coc23)O1. The van der Waals surface area contributed by atoms with Crippen LogP contribution in [0.1, 0.15) is 23.5 Å². The van der Waals surface area contributed by atoms with Crippen LogP contribution in [0.2, 0.25) is 0 Å². The van der Waals surface area contributed by atoms with Gasteiger partial charge in [0.05, 0.1) is 12.0 Å². The van der Waals surface area contributed by atoms with E-state index in [-0.39, 0.29) is 39.2 Å². The number of phenolic OH excluding ortho intramolecular Hbond substituents is 2. The van der Waals surface area contributed by atoms with Crippen LogP contribution in [0.5, 0.6) is 17.2 Å². The lowest BCUT2D eigenvalue weighted by Gasteiger charge is -2.26. The van der Waals surface area contributed by atoms with Gasteiger partial charge in [0.25, 0.3) is 0 Å². The predicted molar refractivity (Wildman–Crippen MR) is 110 cm³/mol. The molecule has 0 amide bonds. The number of carbonyl (C=O) groups excluding carboxylic acids is 1. The molecule has 6 nitrogen and oxygen atoms in total. The van der Waals surface area contributed by atoms with Crippen molar-refractivity contribution < 1.29 is 37.3 Å². The third kappa shape index (κ3) is 3.20. The van der Waals surface area contributed by atoms with Gasteiger partial charge in [-0.05, 0) is 29.3 Å². The van der Waals surface area contributed by atoms with Crippen molar-refractivity contribution >= 4 is 16.9 Å². The second-order valence-electron chi connectivity index (χ2n) is 7.53. The first-order chi connectivity index (χ1) is 15.8. The normalized spacial score (nSPS) is 15.4. The van der Waals surface area contributed by atoms with Crippen LogP contribution >= 0.6 is 0 Å². The highest BCUT2D eigenvalue weighted by Crippen LogP contribution is 2.46. The van der Waals surface area contributed by atoms with Gasteiger partial charge in [0.1, 0.15) is 34.5 Å². The fourth-order valence-electron chi connectivity index (χ4n) is 4.05. The third-order valence-electron chi connectivity index (χ3n) is 5.59. The standard InChI is InChI=1S/C24H13F3O6/c25-15-6-5-12(21(26)22(15)27)13-7-18(30)33-17-8-16(29)20-23(31)14(9-32-24(20)19(13)17)10-1-3-11(28)4-2-10/h1-6,8-9,13,28-29H,7H2/t13-/m0/s1. The quantitative estimate of drug-likeness (QED) is 0.258. The summed E-state index contributed by atoms with van der Waals surface area (Å²) >= 11 is 0. The Bertz CT molecular complexity index is 1510. The van der Waals surface area contributed by atoms with Crippen LogP contribution in [0.25, 0.3) is 22.1 Å². The average Bonchev–Trinajstić information content (AvgIpc) is 2.77. The van der Waals surface area contributed by atoms with Gasteiger partial charge in [-0.15, -0.1) is 0 Å². The molecule has 0 fully saturated rings. The topological polar surface area (TPSA) is 97.0 Å². The Morgan fingerprint density at radius 3 is 2.39 bits per heavy atom. The minimum absolute atomic E-state index is 0.0148. The maximum atomic E-state index is 14.6. The summed E-state index contributed by atoms with van der Waals surface area (Å²) in [5.74, 6) is -7.28. The Hall–Kier alpha value is -4.27. The summed E-state index contributed by atoms with van der Waals surface area (Å²) in [7, 11) is 0. The summed E-state index contributed by atoms with van der Waals surface area (Å²) < 4.78 is 52.8. The molecule has 166 valence electrons. The molecule has 2 N–H and O–H groups in total. The molecular weight excluding hydrogens is 441 g/mol. The van der Waals surface area contributed by atoms with Crippen molar-refractivity contribution in [3.63, 3.8) is 0 Å². The maximum Gasteiger partial charge on any atom is 0.312 e. The van der Waals surface area contributed by atoms with Crippen molar-refractivity contribution in [2.24, 2.45) is 0 Å². The molecule has 4 aromatic rings. The van der Waals surface area contributed by atoms with Crippen LogP contribution in [0, 0.1) is 17.5 Å². The summed E-state index contributed by atoms with van der Waals surface area (Å²) in [6.45, 7) is 0. The summed E-state index contributed by atoms with van der Waals surface area (Å²) in [4.78, 5) is 25.4. The smallest absolute Gasteiger partial charge is 0.312 e. The molecule has 9 heteroatoms. The number of hydrogen-bond acceptors (Lipinski definition) is 6. The number of carbonyl (C=O) groups is 1. The number of aromatic hydroxyl groups is 2. The highest BCUT2D eigenvalue weighted by molar-refractivity contribution is 5.94. The van der Waals surface area contributed by atoms with E-state index in [0.29, 0.717) is 5.56 Å². The molecule has 0 spiro atoms. The first-order valence-electron chi connectivity index (χ1n) is 9.71. The van der Waals surface area contributed by atoms with Crippen molar-refractivity contribution in [3.05, 3.63) is 87.5 Å². The van der Waals surface area contributed by atoms with Gasteiger partial charge in [-0.1, -0.05) is 18.2 Å². The monoisotopic (exact) mass is 454 g/mol. The summed E-state index contributed by atoms with van der Waals surface area (Å²) in [5, 5.41) is 19.7. The number of fused-ring (bicyclic) bond motifs is 3. The average molecular weight is 454 g/mol. The van der Waals surface area contributed by atoms with Gasteiger partial charge in [0, 0.05) is 17.5 Å². The van der Waals surface area contributed by atoms with Crippen molar-refractivity contribution in [2.45, 2.75) is 12.3 Å². The van der Waals surface area contributed by atoms with Crippen LogP contribution < -0.4 is 10.2 Å². The zero-order valence-electron chi connectivity index (χ0n) is 16.6. The molecule has 1 aliphatic rings. The van der Waals surface area contributed by atoms with Crippen LogP contribution in [0.15, 0.2) is 57.9 Å². The number of rotatable bonds is 2. The van der Waals surface area contributed by atoms with E-state index in [4.69, 9.17) is 9.15 Å². The summed E-state index contributed by atoms with van der Waals surface area (Å²) in [6, 6.07) is 8.45. The number of ether oxygens (including phenoxy) is 1. The fraction of sp³-hybridized carbons (Fsp3) is 0.0833. The van der Waals surface area contributed by atoms with Crippen molar-refractivity contribution in [1.82, 2.24) is 0 Å². The van der Waals surface area contributed by atoms with E-state index >= 15 is 0 Å². The fourth-order valence-corrected chi connectivity index (χ4v) is 4.05. The minimum atomic E-state index is -1.70. The highest BCUT2D eigenvalue weighted by atomic mass is 19.2. The molecule has 0 saturated heterocycles. The van der Waals surface area contributed by atoms with Crippen molar-refractivity contribution in [3.8, 4) is 28.4 Å². The van der Waals surface area contributed by atoms with Crippen molar-refractivity contribution in [1.29, 1.82) is 0 Å². The second kappa shape index (κ2) is 7.40. The van der Waals surface area contributed by atoms with Crippen LogP contribution in [-0.2, 0) is 4.79 Å². The lowest BCUT2D eigenvalue weighted by atomic mass is 9.84. The third-order valence-corrected chi connectivity index (χ3v) is 5.59. The van der Waals surface area contributed by atoms with Gasteiger partial charge in [-0.25, -0.2) is 13.2 Å². The molecule has 2 heterocycles.